The van der Waals surface area contributed by atoms with Gasteiger partial charge in [0.15, 0.2) is 5.78 Å². The van der Waals surface area contributed by atoms with Crippen LogP contribution in [0.1, 0.15) is 32.8 Å². The Labute approximate surface area is 227 Å². The van der Waals surface area contributed by atoms with Crippen molar-refractivity contribution in [1.82, 2.24) is 4.90 Å². The van der Waals surface area contributed by atoms with Gasteiger partial charge in [0.05, 0.1) is 12.0 Å². The molecular formula is C29H23ClFN3O3S. The van der Waals surface area contributed by atoms with Crippen LogP contribution in [0, 0.1) is 11.7 Å². The molecule has 4 aromatic rings. The molecule has 3 amide bonds. The van der Waals surface area contributed by atoms with Crippen molar-refractivity contribution in [2.75, 3.05) is 5.32 Å². The number of anilines is 1. The smallest absolute Gasteiger partial charge is 0.323 e. The Morgan fingerprint density at radius 1 is 0.921 bits per heavy atom. The predicted molar refractivity (Wildman–Crippen MR) is 146 cm³/mol. The van der Waals surface area contributed by atoms with E-state index in [0.717, 1.165) is 4.88 Å². The first kappa shape index (κ1) is 25.6. The Hall–Kier alpha value is -4.01. The Kier molecular flexibility index (Phi) is 7.26. The lowest BCUT2D eigenvalue weighted by atomic mass is 9.78. The van der Waals surface area contributed by atoms with Crippen molar-refractivity contribution in [3.05, 3.63) is 123 Å². The van der Waals surface area contributed by atoms with Crippen LogP contribution >= 0.6 is 22.9 Å². The fourth-order valence-electron chi connectivity index (χ4n) is 5.17. The maximum Gasteiger partial charge on any atom is 0.323 e. The van der Waals surface area contributed by atoms with E-state index in [4.69, 9.17) is 17.3 Å². The van der Waals surface area contributed by atoms with Crippen molar-refractivity contribution in [2.45, 2.75) is 18.0 Å². The average Bonchev–Trinajstić information content (AvgIpc) is 3.56. The standard InChI is InChI=1S/C29H23ClFN3O3S/c30-19-9-4-8-18(16-19)27(35)24-23(22-10-5-15-38-22)26(28(32)36)34(25(24)17-6-2-1-3-7-17)29(37)33-21-13-11-20(31)12-14-21/h1-16,23-26H,(H2,32,36)(H,33,37). The molecule has 9 heteroatoms. The Morgan fingerprint density at radius 3 is 2.29 bits per heavy atom. The van der Waals surface area contributed by atoms with Crippen molar-refractivity contribution in [3.8, 4) is 0 Å². The molecule has 1 saturated heterocycles. The van der Waals surface area contributed by atoms with Gasteiger partial charge in [0, 0.05) is 27.1 Å². The third-order valence-electron chi connectivity index (χ3n) is 6.71. The lowest BCUT2D eigenvalue weighted by Gasteiger charge is -2.31. The van der Waals surface area contributed by atoms with Gasteiger partial charge in [-0.2, -0.15) is 0 Å². The first-order valence-corrected chi connectivity index (χ1v) is 13.1. The summed E-state index contributed by atoms with van der Waals surface area (Å²) in [5, 5.41) is 5.01. The molecule has 0 aliphatic carbocycles. The fraction of sp³-hybridized carbons (Fsp3) is 0.138. The molecule has 1 fully saturated rings. The number of hydrogen-bond acceptors (Lipinski definition) is 4. The lowest BCUT2D eigenvalue weighted by molar-refractivity contribution is -0.122. The van der Waals surface area contributed by atoms with Crippen LogP contribution < -0.4 is 11.1 Å². The summed E-state index contributed by atoms with van der Waals surface area (Å²) in [6.45, 7) is 0. The summed E-state index contributed by atoms with van der Waals surface area (Å²) >= 11 is 7.61. The summed E-state index contributed by atoms with van der Waals surface area (Å²) in [6.07, 6.45) is 0. The number of primary amides is 1. The van der Waals surface area contributed by atoms with Gasteiger partial charge < -0.3 is 16.0 Å². The highest BCUT2D eigenvalue weighted by atomic mass is 35.5. The van der Waals surface area contributed by atoms with E-state index in [-0.39, 0.29) is 5.78 Å². The summed E-state index contributed by atoms with van der Waals surface area (Å²) in [5.41, 5.74) is 7.34. The van der Waals surface area contributed by atoms with Crippen LogP contribution in [0.4, 0.5) is 14.9 Å². The molecule has 0 spiro atoms. The Bertz CT molecular complexity index is 1460. The quantitative estimate of drug-likeness (QED) is 0.279. The number of carbonyl (C=O) groups excluding carboxylic acids is 3. The molecular weight excluding hydrogens is 525 g/mol. The highest BCUT2D eigenvalue weighted by molar-refractivity contribution is 7.10. The van der Waals surface area contributed by atoms with Crippen molar-refractivity contribution < 1.29 is 18.8 Å². The number of Topliss-reactive ketones (excluding diaryl/α,β-unsaturated/α-hetero) is 1. The van der Waals surface area contributed by atoms with Gasteiger partial charge in [-0.25, -0.2) is 9.18 Å². The minimum absolute atomic E-state index is 0.261. The minimum Gasteiger partial charge on any atom is -0.368 e. The number of halogens is 2. The Morgan fingerprint density at radius 2 is 1.66 bits per heavy atom. The number of nitrogens with one attached hydrogen (secondary N) is 1. The Balaban J connectivity index is 1.68. The van der Waals surface area contributed by atoms with Gasteiger partial charge in [0.2, 0.25) is 5.91 Å². The maximum atomic E-state index is 14.2. The minimum atomic E-state index is -1.13. The van der Waals surface area contributed by atoms with Crippen LogP contribution in [0.3, 0.4) is 0 Å². The maximum absolute atomic E-state index is 14.2. The second kappa shape index (κ2) is 10.8. The normalized spacial score (nSPS) is 20.7. The third kappa shape index (κ3) is 4.92. The van der Waals surface area contributed by atoms with Gasteiger partial charge in [0.1, 0.15) is 11.9 Å². The number of likely N-dealkylation sites (tertiary alicyclic amines) is 1. The number of ketones is 1. The van der Waals surface area contributed by atoms with Crippen LogP contribution in [0.25, 0.3) is 0 Å². The van der Waals surface area contributed by atoms with Gasteiger partial charge >= 0.3 is 6.03 Å². The molecule has 3 N–H and O–H groups in total. The molecule has 0 radical (unpaired) electrons. The number of rotatable bonds is 6. The highest BCUT2D eigenvalue weighted by Crippen LogP contribution is 2.52. The molecule has 0 saturated carbocycles. The predicted octanol–water partition coefficient (Wildman–Crippen LogP) is 6.27. The number of hydrogen-bond donors (Lipinski definition) is 2. The van der Waals surface area contributed by atoms with Crippen LogP contribution in [-0.2, 0) is 4.79 Å². The zero-order valence-corrected chi connectivity index (χ0v) is 21.5. The highest BCUT2D eigenvalue weighted by Gasteiger charge is 2.57. The number of thiophene rings is 1. The molecule has 4 atom stereocenters. The van der Waals surface area contributed by atoms with E-state index in [1.54, 1.807) is 24.3 Å². The van der Waals surface area contributed by atoms with E-state index in [2.05, 4.69) is 5.32 Å². The van der Waals surface area contributed by atoms with Crippen LogP contribution in [0.5, 0.6) is 0 Å². The van der Waals surface area contributed by atoms with Gasteiger partial charge in [-0.05, 0) is 53.4 Å². The molecule has 1 aliphatic heterocycles. The summed E-state index contributed by atoms with van der Waals surface area (Å²) in [7, 11) is 0. The molecule has 38 heavy (non-hydrogen) atoms. The number of benzene rings is 3. The van der Waals surface area contributed by atoms with Crippen LogP contribution in [0.2, 0.25) is 5.02 Å². The van der Waals surface area contributed by atoms with Crippen molar-refractivity contribution in [2.24, 2.45) is 11.7 Å². The molecule has 192 valence electrons. The van der Waals surface area contributed by atoms with Gasteiger partial charge in [-0.3, -0.25) is 9.59 Å². The number of nitrogens with zero attached hydrogens (tertiary/aromatic N) is 1. The van der Waals surface area contributed by atoms with Gasteiger partial charge in [-0.15, -0.1) is 11.3 Å². The fourth-order valence-corrected chi connectivity index (χ4v) is 6.27. The van der Waals surface area contributed by atoms with Crippen molar-refractivity contribution in [1.29, 1.82) is 0 Å². The second-order valence-electron chi connectivity index (χ2n) is 8.99. The molecule has 0 bridgehead atoms. The van der Waals surface area contributed by atoms with Crippen molar-refractivity contribution in [3.63, 3.8) is 0 Å². The van der Waals surface area contributed by atoms with E-state index in [9.17, 15) is 18.8 Å². The zero-order valence-electron chi connectivity index (χ0n) is 20.0. The lowest BCUT2D eigenvalue weighted by Crippen LogP contribution is -2.48. The van der Waals surface area contributed by atoms with E-state index < -0.39 is 41.7 Å². The van der Waals surface area contributed by atoms with Gasteiger partial charge in [-0.1, -0.05) is 60.1 Å². The molecule has 2 heterocycles. The summed E-state index contributed by atoms with van der Waals surface area (Å²) < 4.78 is 13.5. The van der Waals surface area contributed by atoms with Crippen molar-refractivity contribution >= 4 is 46.3 Å². The monoisotopic (exact) mass is 547 g/mol. The number of amides is 3. The molecule has 5 rings (SSSR count). The second-order valence-corrected chi connectivity index (χ2v) is 10.4. The first-order chi connectivity index (χ1) is 18.3. The third-order valence-corrected chi connectivity index (χ3v) is 7.92. The molecule has 3 aromatic carbocycles. The SMILES string of the molecule is NC(=O)C1C(c2cccs2)C(C(=O)c2cccc(Cl)c2)C(c2ccccc2)N1C(=O)Nc1ccc(F)cc1. The number of carbonyl (C=O) groups is 3. The van der Waals surface area contributed by atoms with E-state index >= 15 is 0 Å². The number of urea groups is 1. The molecule has 1 aromatic heterocycles. The van der Waals surface area contributed by atoms with Crippen LogP contribution in [0.15, 0.2) is 96.4 Å². The summed E-state index contributed by atoms with van der Waals surface area (Å²) in [6, 6.07) is 22.1. The van der Waals surface area contributed by atoms with E-state index in [1.807, 2.05) is 47.8 Å². The summed E-state index contributed by atoms with van der Waals surface area (Å²) in [5.74, 6) is -3.00. The zero-order chi connectivity index (χ0) is 26.8. The van der Waals surface area contributed by atoms with E-state index in [1.165, 1.54) is 40.5 Å². The average molecular weight is 548 g/mol. The number of nitrogens with two attached hydrogens (primary N) is 1. The van der Waals surface area contributed by atoms with Crippen LogP contribution in [-0.4, -0.2) is 28.7 Å². The summed E-state index contributed by atoms with van der Waals surface area (Å²) in [4.78, 5) is 43.3. The van der Waals surface area contributed by atoms with E-state index in [0.29, 0.717) is 21.8 Å². The van der Waals surface area contributed by atoms with Gasteiger partial charge in [0.25, 0.3) is 0 Å². The molecule has 4 unspecified atom stereocenters. The largest absolute Gasteiger partial charge is 0.368 e. The molecule has 6 nitrogen and oxygen atoms in total. The topological polar surface area (TPSA) is 92.5 Å². The first-order valence-electron chi connectivity index (χ1n) is 11.9. The molecule has 1 aliphatic rings.